The second-order valence-corrected chi connectivity index (χ2v) is 4.26. The van der Waals surface area contributed by atoms with Gasteiger partial charge in [-0.1, -0.05) is 0 Å². The van der Waals surface area contributed by atoms with E-state index < -0.39 is 37.3 Å². The first kappa shape index (κ1) is 14.6. The average Bonchev–Trinajstić information content (AvgIpc) is 2.75. The normalized spacial score (nSPS) is 28.2. The molecule has 0 unspecified atom stereocenters. The first-order chi connectivity index (χ1) is 9.53. The fraction of sp³-hybridized carbons (Fsp3) is 0.455. The number of anilines is 1. The summed E-state index contributed by atoms with van der Waals surface area (Å²) in [7, 11) is 0. The van der Waals surface area contributed by atoms with Crippen molar-refractivity contribution >= 4 is 5.82 Å². The molecule has 3 atom stereocenters. The van der Waals surface area contributed by atoms with Crippen LogP contribution < -0.4 is 11.4 Å². The topological polar surface area (TPSA) is 131 Å². The number of hydrogen-bond acceptors (Lipinski definition) is 7. The van der Waals surface area contributed by atoms with Gasteiger partial charge in [-0.25, -0.2) is 9.18 Å². The van der Waals surface area contributed by atoms with Crippen LogP contribution in [0.15, 0.2) is 22.9 Å². The van der Waals surface area contributed by atoms with Gasteiger partial charge in [-0.3, -0.25) is 4.57 Å². The van der Waals surface area contributed by atoms with Crippen LogP contribution in [-0.2, 0) is 11.3 Å². The van der Waals surface area contributed by atoms with Crippen molar-refractivity contribution < 1.29 is 24.4 Å². The lowest BCUT2D eigenvalue weighted by Crippen LogP contribution is -2.29. The van der Waals surface area contributed by atoms with Crippen LogP contribution >= 0.6 is 0 Å². The van der Waals surface area contributed by atoms with Crippen LogP contribution in [0.4, 0.5) is 10.2 Å². The minimum Gasteiger partial charge on any atom is -0.394 e. The minimum atomic E-state index is -1.38. The van der Waals surface area contributed by atoms with Crippen molar-refractivity contribution in [1.82, 2.24) is 9.55 Å². The Hall–Kier alpha value is -1.81. The van der Waals surface area contributed by atoms with Gasteiger partial charge in [0, 0.05) is 17.3 Å². The summed E-state index contributed by atoms with van der Waals surface area (Å²) >= 11 is 0. The zero-order valence-electron chi connectivity index (χ0n) is 10.3. The second-order valence-electron chi connectivity index (χ2n) is 4.26. The summed E-state index contributed by atoms with van der Waals surface area (Å²) in [4.78, 5) is 15.3. The molecule has 1 saturated heterocycles. The number of halogens is 1. The highest BCUT2D eigenvalue weighted by atomic mass is 19.1. The smallest absolute Gasteiger partial charge is 0.351 e. The number of nitrogen functional groups attached to an aromatic ring is 1. The maximum atomic E-state index is 12.9. The van der Waals surface area contributed by atoms with Gasteiger partial charge in [0.15, 0.2) is 6.23 Å². The van der Waals surface area contributed by atoms with Gasteiger partial charge in [0.25, 0.3) is 0 Å². The largest absolute Gasteiger partial charge is 0.394 e. The Labute approximate surface area is 112 Å². The van der Waals surface area contributed by atoms with Crippen molar-refractivity contribution in [3.63, 3.8) is 0 Å². The molecule has 1 aliphatic heterocycles. The highest BCUT2D eigenvalue weighted by Gasteiger charge is 2.40. The molecule has 1 aliphatic rings. The van der Waals surface area contributed by atoms with Gasteiger partial charge < -0.3 is 25.8 Å². The van der Waals surface area contributed by atoms with E-state index in [0.29, 0.717) is 0 Å². The highest BCUT2D eigenvalue weighted by molar-refractivity contribution is 5.36. The van der Waals surface area contributed by atoms with Crippen LogP contribution in [0.1, 0.15) is 11.8 Å². The van der Waals surface area contributed by atoms with Gasteiger partial charge in [-0.05, 0) is 0 Å². The number of rotatable bonds is 3. The summed E-state index contributed by atoms with van der Waals surface area (Å²) in [6, 6.07) is 0. The van der Waals surface area contributed by atoms with Gasteiger partial charge in [-0.2, -0.15) is 4.98 Å². The van der Waals surface area contributed by atoms with E-state index in [2.05, 4.69) is 4.98 Å². The Kier molecular flexibility index (Phi) is 4.14. The monoisotopic (exact) mass is 287 g/mol. The molecule has 8 nitrogen and oxygen atoms in total. The molecule has 1 aromatic heterocycles. The summed E-state index contributed by atoms with van der Waals surface area (Å²) < 4.78 is 19.0. The second kappa shape index (κ2) is 5.67. The van der Waals surface area contributed by atoms with Gasteiger partial charge >= 0.3 is 5.69 Å². The van der Waals surface area contributed by atoms with Crippen LogP contribution in [0, 0.1) is 0 Å². The number of aliphatic hydroxyl groups is 3. The van der Waals surface area contributed by atoms with E-state index in [-0.39, 0.29) is 23.3 Å². The standard InChI is InChI=1S/C11H14FN3O5/c12-1-6-8(18)7(4-17)20-10(6)15-2-5(3-16)9(13)14-11(15)19/h1-2,7-8,10,16-18H,3-4H2,(H2,13,14,19)/t7-,8+,10-/m1/s1. The molecule has 2 rings (SSSR count). The van der Waals surface area contributed by atoms with Crippen LogP contribution in [0.25, 0.3) is 0 Å². The number of nitrogens with zero attached hydrogens (tertiary/aromatic N) is 2. The molecule has 0 spiro atoms. The lowest BCUT2D eigenvalue weighted by Gasteiger charge is -2.16. The van der Waals surface area contributed by atoms with Crippen molar-refractivity contribution in [3.8, 4) is 0 Å². The van der Waals surface area contributed by atoms with E-state index in [1.807, 2.05) is 0 Å². The molecular formula is C11H14FN3O5. The van der Waals surface area contributed by atoms with Gasteiger partial charge in [0.05, 0.1) is 19.5 Å². The van der Waals surface area contributed by atoms with Crippen LogP contribution in [0.2, 0.25) is 0 Å². The Bertz CT molecular complexity index is 588. The molecule has 0 amide bonds. The SMILES string of the molecule is Nc1nc(=O)n([C@@H]2O[C@H](CO)[C@@H](O)C2=CF)cc1CO. The number of nitrogens with two attached hydrogens (primary N) is 1. The molecule has 0 aromatic carbocycles. The number of aliphatic hydroxyl groups excluding tert-OH is 3. The maximum absolute atomic E-state index is 12.9. The molecule has 2 heterocycles. The van der Waals surface area contributed by atoms with Crippen LogP contribution in [0.5, 0.6) is 0 Å². The van der Waals surface area contributed by atoms with Crippen LogP contribution in [-0.4, -0.2) is 43.7 Å². The van der Waals surface area contributed by atoms with E-state index >= 15 is 0 Å². The quantitative estimate of drug-likeness (QED) is 0.527. The third-order valence-electron chi connectivity index (χ3n) is 3.07. The van der Waals surface area contributed by atoms with Gasteiger partial charge in [0.1, 0.15) is 18.0 Å². The average molecular weight is 287 g/mol. The lowest BCUT2D eigenvalue weighted by atomic mass is 10.1. The summed E-state index contributed by atoms with van der Waals surface area (Å²) in [5.41, 5.74) is 4.56. The zero-order chi connectivity index (χ0) is 14.9. The van der Waals surface area contributed by atoms with E-state index in [0.717, 1.165) is 4.57 Å². The van der Waals surface area contributed by atoms with E-state index in [9.17, 15) is 14.3 Å². The Morgan fingerprint density at radius 2 is 2.25 bits per heavy atom. The summed E-state index contributed by atoms with van der Waals surface area (Å²) in [6.45, 7) is -1.01. The van der Waals surface area contributed by atoms with Crippen LogP contribution in [0.3, 0.4) is 0 Å². The van der Waals surface area contributed by atoms with E-state index in [1.54, 1.807) is 0 Å². The number of hydrogen-bond donors (Lipinski definition) is 4. The summed E-state index contributed by atoms with van der Waals surface area (Å²) in [5, 5.41) is 27.9. The van der Waals surface area contributed by atoms with Crippen molar-refractivity contribution in [2.24, 2.45) is 0 Å². The minimum absolute atomic E-state index is 0.117. The van der Waals surface area contributed by atoms with Gasteiger partial charge in [0.2, 0.25) is 0 Å². The predicted octanol–water partition coefficient (Wildman–Crippen LogP) is -1.58. The summed E-state index contributed by atoms with van der Waals surface area (Å²) in [5.74, 6) is -0.142. The maximum Gasteiger partial charge on any atom is 0.351 e. The first-order valence-corrected chi connectivity index (χ1v) is 5.76. The van der Waals surface area contributed by atoms with Crippen molar-refractivity contribution in [2.45, 2.75) is 25.0 Å². The van der Waals surface area contributed by atoms with E-state index in [1.165, 1.54) is 6.20 Å². The highest BCUT2D eigenvalue weighted by Crippen LogP contribution is 2.33. The fourth-order valence-corrected chi connectivity index (χ4v) is 1.98. The Morgan fingerprint density at radius 1 is 1.55 bits per heavy atom. The molecule has 1 fully saturated rings. The van der Waals surface area contributed by atoms with Crippen molar-refractivity contribution in [2.75, 3.05) is 12.3 Å². The van der Waals surface area contributed by atoms with Gasteiger partial charge in [-0.15, -0.1) is 0 Å². The number of ether oxygens (including phenoxy) is 1. The third-order valence-corrected chi connectivity index (χ3v) is 3.07. The molecule has 5 N–H and O–H groups in total. The zero-order valence-corrected chi connectivity index (χ0v) is 10.3. The first-order valence-electron chi connectivity index (χ1n) is 5.76. The number of aromatic nitrogens is 2. The molecule has 20 heavy (non-hydrogen) atoms. The lowest BCUT2D eigenvalue weighted by molar-refractivity contribution is -0.0448. The third kappa shape index (κ3) is 2.31. The molecule has 0 bridgehead atoms. The Balaban J connectivity index is 2.48. The summed E-state index contributed by atoms with van der Waals surface area (Å²) in [6.07, 6.45) is -2.39. The Morgan fingerprint density at radius 3 is 2.80 bits per heavy atom. The molecular weight excluding hydrogens is 273 g/mol. The predicted molar refractivity (Wildman–Crippen MR) is 65.0 cm³/mol. The van der Waals surface area contributed by atoms with Crippen molar-refractivity contribution in [1.29, 1.82) is 0 Å². The molecule has 9 heteroatoms. The molecule has 0 aliphatic carbocycles. The van der Waals surface area contributed by atoms with E-state index in [4.69, 9.17) is 20.7 Å². The fourth-order valence-electron chi connectivity index (χ4n) is 1.98. The molecule has 1 aromatic rings. The molecule has 0 saturated carbocycles. The van der Waals surface area contributed by atoms with Crippen molar-refractivity contribution in [3.05, 3.63) is 34.1 Å². The molecule has 110 valence electrons. The molecule has 0 radical (unpaired) electrons.